The van der Waals surface area contributed by atoms with Gasteiger partial charge in [0.25, 0.3) is 0 Å². The topological polar surface area (TPSA) is 97.5 Å². The molecule has 0 rings (SSSR count). The van der Waals surface area contributed by atoms with Gasteiger partial charge in [-0.3, -0.25) is 5.41 Å². The molecule has 0 fully saturated rings. The number of guanidine groups is 1. The number of alkyl halides is 3. The Morgan fingerprint density at radius 2 is 2.00 bits per heavy atom. The molecular formula is C5H9F3N4OS. The number of rotatable bonds is 3. The van der Waals surface area contributed by atoms with Crippen LogP contribution in [0.15, 0.2) is 4.99 Å². The molecular weight excluding hydrogens is 221 g/mol. The molecule has 0 aliphatic rings. The second-order valence-electron chi connectivity index (χ2n) is 2.07. The SMILES string of the molecule is N=C(N=C(N)N)SCOCC(F)(F)F. The van der Waals surface area contributed by atoms with Crippen LogP contribution in [0.2, 0.25) is 0 Å². The maximum atomic E-state index is 11.5. The molecule has 0 spiro atoms. The van der Waals surface area contributed by atoms with Crippen LogP contribution in [-0.4, -0.2) is 29.8 Å². The first-order valence-electron chi connectivity index (χ1n) is 3.27. The van der Waals surface area contributed by atoms with Crippen molar-refractivity contribution in [2.24, 2.45) is 16.5 Å². The number of hydrogen-bond acceptors (Lipinski definition) is 3. The molecule has 0 saturated carbocycles. The molecule has 0 aromatic heterocycles. The summed E-state index contributed by atoms with van der Waals surface area (Å²) in [5.41, 5.74) is 9.84. The van der Waals surface area contributed by atoms with E-state index < -0.39 is 12.8 Å². The van der Waals surface area contributed by atoms with Crippen LogP contribution < -0.4 is 11.5 Å². The third-order valence-corrected chi connectivity index (χ3v) is 1.42. The number of halogens is 3. The van der Waals surface area contributed by atoms with E-state index in [9.17, 15) is 13.2 Å². The van der Waals surface area contributed by atoms with Crippen LogP contribution in [0.5, 0.6) is 0 Å². The highest BCUT2D eigenvalue weighted by Crippen LogP contribution is 2.15. The number of ether oxygens (including phenoxy) is 1. The van der Waals surface area contributed by atoms with Crippen molar-refractivity contribution in [1.29, 1.82) is 5.41 Å². The van der Waals surface area contributed by atoms with Crippen molar-refractivity contribution in [2.75, 3.05) is 12.5 Å². The number of hydrogen-bond donors (Lipinski definition) is 3. The zero-order valence-electron chi connectivity index (χ0n) is 6.97. The van der Waals surface area contributed by atoms with E-state index in [1.807, 2.05) is 0 Å². The summed E-state index contributed by atoms with van der Waals surface area (Å²) in [5.74, 6) is -0.645. The van der Waals surface area contributed by atoms with Crippen molar-refractivity contribution in [2.45, 2.75) is 6.18 Å². The predicted octanol–water partition coefficient (Wildman–Crippen LogP) is 0.464. The molecule has 0 aromatic carbocycles. The fourth-order valence-corrected chi connectivity index (χ4v) is 0.853. The summed E-state index contributed by atoms with van der Waals surface area (Å²) in [6.07, 6.45) is -4.36. The molecule has 5 nitrogen and oxygen atoms in total. The van der Waals surface area contributed by atoms with Crippen molar-refractivity contribution >= 4 is 22.9 Å². The number of nitrogens with zero attached hydrogens (tertiary/aromatic N) is 1. The first-order chi connectivity index (χ1) is 6.31. The highest BCUT2D eigenvalue weighted by molar-refractivity contribution is 8.13. The van der Waals surface area contributed by atoms with Crippen LogP contribution in [0.4, 0.5) is 13.2 Å². The Hall–Kier alpha value is -0.960. The predicted molar refractivity (Wildman–Crippen MR) is 48.0 cm³/mol. The Balaban J connectivity index is 3.56. The normalized spacial score (nSPS) is 11.1. The molecule has 0 radical (unpaired) electrons. The minimum absolute atomic E-state index is 0.299. The number of nitrogens with one attached hydrogen (secondary N) is 1. The molecule has 14 heavy (non-hydrogen) atoms. The lowest BCUT2D eigenvalue weighted by molar-refractivity contribution is -0.168. The van der Waals surface area contributed by atoms with Gasteiger partial charge in [0.1, 0.15) is 12.5 Å². The van der Waals surface area contributed by atoms with Gasteiger partial charge in [-0.15, -0.1) is 0 Å². The Kier molecular flexibility index (Phi) is 5.31. The van der Waals surface area contributed by atoms with E-state index in [1.54, 1.807) is 0 Å². The van der Waals surface area contributed by atoms with Crippen molar-refractivity contribution in [3.8, 4) is 0 Å². The number of thioether (sulfide) groups is 1. The average Bonchev–Trinajstić information content (AvgIpc) is 1.95. The number of amidine groups is 1. The van der Waals surface area contributed by atoms with Crippen molar-refractivity contribution < 1.29 is 17.9 Å². The highest BCUT2D eigenvalue weighted by Gasteiger charge is 2.27. The van der Waals surface area contributed by atoms with E-state index in [0.717, 1.165) is 0 Å². The van der Waals surface area contributed by atoms with Gasteiger partial charge in [-0.2, -0.15) is 18.2 Å². The van der Waals surface area contributed by atoms with Gasteiger partial charge in [0.2, 0.25) is 0 Å². The molecule has 0 bridgehead atoms. The third kappa shape index (κ3) is 9.13. The van der Waals surface area contributed by atoms with E-state index in [4.69, 9.17) is 16.9 Å². The first kappa shape index (κ1) is 13.0. The van der Waals surface area contributed by atoms with Crippen molar-refractivity contribution in [1.82, 2.24) is 0 Å². The van der Waals surface area contributed by atoms with Crippen LogP contribution >= 0.6 is 11.8 Å². The van der Waals surface area contributed by atoms with Crippen LogP contribution in [0, 0.1) is 5.41 Å². The standard InChI is InChI=1S/C5H9F3N4OS/c6-5(7,8)1-13-2-14-4(11)12-3(9)10/h1-2H2,(H5,9,10,11,12). The largest absolute Gasteiger partial charge is 0.411 e. The Morgan fingerprint density at radius 3 is 2.43 bits per heavy atom. The smallest absolute Gasteiger partial charge is 0.370 e. The minimum Gasteiger partial charge on any atom is -0.370 e. The zero-order chi connectivity index (χ0) is 11.2. The lowest BCUT2D eigenvalue weighted by Gasteiger charge is -2.06. The van der Waals surface area contributed by atoms with E-state index in [2.05, 4.69) is 9.73 Å². The average molecular weight is 230 g/mol. The fraction of sp³-hybridized carbons (Fsp3) is 0.600. The third-order valence-electron chi connectivity index (χ3n) is 0.775. The van der Waals surface area contributed by atoms with Gasteiger partial charge in [-0.05, 0) is 0 Å². The van der Waals surface area contributed by atoms with E-state index >= 15 is 0 Å². The molecule has 0 aromatic rings. The van der Waals surface area contributed by atoms with Gasteiger partial charge in [-0.1, -0.05) is 11.8 Å². The van der Waals surface area contributed by atoms with E-state index in [-0.39, 0.29) is 17.1 Å². The van der Waals surface area contributed by atoms with Gasteiger partial charge in [0, 0.05) is 0 Å². The van der Waals surface area contributed by atoms with Gasteiger partial charge in [0.15, 0.2) is 11.1 Å². The van der Waals surface area contributed by atoms with Gasteiger partial charge >= 0.3 is 6.18 Å². The summed E-state index contributed by atoms with van der Waals surface area (Å²) in [6, 6.07) is 0. The van der Waals surface area contributed by atoms with Crippen molar-refractivity contribution in [3.05, 3.63) is 0 Å². The summed E-state index contributed by atoms with van der Waals surface area (Å²) in [5, 5.41) is 6.71. The molecule has 0 unspecified atom stereocenters. The molecule has 0 heterocycles. The van der Waals surface area contributed by atoms with E-state index in [0.29, 0.717) is 11.8 Å². The summed E-state index contributed by atoms with van der Waals surface area (Å²) < 4.78 is 38.8. The lowest BCUT2D eigenvalue weighted by atomic mass is 10.7. The van der Waals surface area contributed by atoms with Crippen LogP contribution in [0.1, 0.15) is 0 Å². The summed E-state index contributed by atoms with van der Waals surface area (Å²) in [4.78, 5) is 3.27. The van der Waals surface area contributed by atoms with Gasteiger partial charge in [0.05, 0.1) is 0 Å². The Bertz CT molecular complexity index is 226. The minimum atomic E-state index is -4.36. The molecule has 82 valence electrons. The molecule has 5 N–H and O–H groups in total. The number of nitrogens with two attached hydrogens (primary N) is 2. The quantitative estimate of drug-likeness (QED) is 0.284. The molecule has 0 amide bonds. The van der Waals surface area contributed by atoms with Crippen LogP contribution in [0.3, 0.4) is 0 Å². The molecule has 0 aliphatic carbocycles. The Labute approximate surface area is 82.2 Å². The fourth-order valence-electron chi connectivity index (χ4n) is 0.404. The second-order valence-corrected chi connectivity index (χ2v) is 2.98. The first-order valence-corrected chi connectivity index (χ1v) is 4.25. The highest BCUT2D eigenvalue weighted by atomic mass is 32.2. The monoisotopic (exact) mass is 230 g/mol. The summed E-state index contributed by atoms with van der Waals surface area (Å²) in [7, 11) is 0. The van der Waals surface area contributed by atoms with Gasteiger partial charge in [-0.25, -0.2) is 0 Å². The van der Waals surface area contributed by atoms with Gasteiger partial charge < -0.3 is 16.2 Å². The van der Waals surface area contributed by atoms with Crippen molar-refractivity contribution in [3.63, 3.8) is 0 Å². The van der Waals surface area contributed by atoms with Crippen LogP contribution in [0.25, 0.3) is 0 Å². The maximum Gasteiger partial charge on any atom is 0.411 e. The summed E-state index contributed by atoms with van der Waals surface area (Å²) >= 11 is 0.659. The zero-order valence-corrected chi connectivity index (χ0v) is 7.78. The molecule has 9 heteroatoms. The maximum absolute atomic E-state index is 11.5. The van der Waals surface area contributed by atoms with Crippen LogP contribution in [-0.2, 0) is 4.74 Å². The summed E-state index contributed by atoms with van der Waals surface area (Å²) in [6.45, 7) is -1.35. The second kappa shape index (κ2) is 5.70. The van der Waals surface area contributed by atoms with E-state index in [1.165, 1.54) is 0 Å². The lowest BCUT2D eigenvalue weighted by Crippen LogP contribution is -2.23. The molecule has 0 saturated heterocycles. The number of aliphatic imine (C=N–C) groups is 1. The molecule has 0 aliphatic heterocycles. The Morgan fingerprint density at radius 1 is 1.43 bits per heavy atom. The molecule has 0 atom stereocenters.